The standard InChI is InChI=1S/C18H16F3N5O2/c1-28-10-11-4-2-3-5-14(11)26-16(22)13(9-24-26)17(27)25-15-7-6-12(8-23-15)18(19,20)21/h2-9H,10,22H2,1H3,(H,23,25,27). The quantitative estimate of drug-likeness (QED) is 0.696. The number of carbonyl (C=O) groups is 1. The summed E-state index contributed by atoms with van der Waals surface area (Å²) in [6.07, 6.45) is -2.58. The number of halogens is 3. The second kappa shape index (κ2) is 7.69. The number of aromatic nitrogens is 3. The maximum absolute atomic E-state index is 12.6. The van der Waals surface area contributed by atoms with E-state index in [1.165, 1.54) is 10.9 Å². The molecule has 0 aliphatic rings. The minimum absolute atomic E-state index is 0.0371. The van der Waals surface area contributed by atoms with E-state index in [0.717, 1.165) is 17.7 Å². The Morgan fingerprint density at radius 2 is 1.96 bits per heavy atom. The Kier molecular flexibility index (Phi) is 5.32. The van der Waals surface area contributed by atoms with Crippen molar-refractivity contribution in [1.82, 2.24) is 14.8 Å². The third-order valence-electron chi connectivity index (χ3n) is 3.90. The first kappa shape index (κ1) is 19.4. The van der Waals surface area contributed by atoms with Gasteiger partial charge >= 0.3 is 6.18 Å². The number of nitrogens with zero attached hydrogens (tertiary/aromatic N) is 3. The van der Waals surface area contributed by atoms with Gasteiger partial charge in [0, 0.05) is 18.9 Å². The summed E-state index contributed by atoms with van der Waals surface area (Å²) >= 11 is 0. The van der Waals surface area contributed by atoms with Gasteiger partial charge in [-0.2, -0.15) is 18.3 Å². The number of pyridine rings is 1. The summed E-state index contributed by atoms with van der Waals surface area (Å²) in [5.74, 6) is -0.599. The first-order chi connectivity index (χ1) is 13.3. The lowest BCUT2D eigenvalue weighted by Gasteiger charge is -2.11. The van der Waals surface area contributed by atoms with Gasteiger partial charge in [0.1, 0.15) is 17.2 Å². The van der Waals surface area contributed by atoms with Gasteiger partial charge in [0.15, 0.2) is 0 Å². The van der Waals surface area contributed by atoms with Gasteiger partial charge in [0.2, 0.25) is 0 Å². The summed E-state index contributed by atoms with van der Waals surface area (Å²) < 4.78 is 44.3. The van der Waals surface area contributed by atoms with Crippen molar-refractivity contribution in [3.05, 3.63) is 65.5 Å². The summed E-state index contributed by atoms with van der Waals surface area (Å²) in [6.45, 7) is 0.326. The minimum Gasteiger partial charge on any atom is -0.383 e. The number of hydrogen-bond acceptors (Lipinski definition) is 5. The molecule has 0 unspecified atom stereocenters. The smallest absolute Gasteiger partial charge is 0.383 e. The Morgan fingerprint density at radius 1 is 1.21 bits per heavy atom. The van der Waals surface area contributed by atoms with Crippen LogP contribution in [-0.2, 0) is 17.5 Å². The zero-order valence-electron chi connectivity index (χ0n) is 14.7. The predicted octanol–water partition coefficient (Wildman–Crippen LogP) is 3.27. The van der Waals surface area contributed by atoms with Crippen molar-refractivity contribution in [2.75, 3.05) is 18.2 Å². The lowest BCUT2D eigenvalue weighted by molar-refractivity contribution is -0.137. The molecule has 0 saturated heterocycles. The molecule has 3 rings (SSSR count). The summed E-state index contributed by atoms with van der Waals surface area (Å²) in [5.41, 5.74) is 6.68. The Morgan fingerprint density at radius 3 is 2.61 bits per heavy atom. The minimum atomic E-state index is -4.50. The Bertz CT molecular complexity index is 984. The Hall–Kier alpha value is -3.40. The van der Waals surface area contributed by atoms with Crippen molar-refractivity contribution in [3.8, 4) is 5.69 Å². The van der Waals surface area contributed by atoms with Crippen LogP contribution in [0.2, 0.25) is 0 Å². The number of benzene rings is 1. The molecular weight excluding hydrogens is 375 g/mol. The van der Waals surface area contributed by atoms with Crippen molar-refractivity contribution in [3.63, 3.8) is 0 Å². The lowest BCUT2D eigenvalue weighted by Crippen LogP contribution is -2.15. The Balaban J connectivity index is 1.83. The number of nitrogens with one attached hydrogen (secondary N) is 1. The van der Waals surface area contributed by atoms with Crippen LogP contribution >= 0.6 is 0 Å². The maximum atomic E-state index is 12.6. The molecule has 3 N–H and O–H groups in total. The number of alkyl halides is 3. The van der Waals surface area contributed by atoms with Crippen molar-refractivity contribution in [2.45, 2.75) is 12.8 Å². The number of amides is 1. The molecule has 7 nitrogen and oxygen atoms in total. The average molecular weight is 391 g/mol. The van der Waals surface area contributed by atoms with E-state index >= 15 is 0 Å². The summed E-state index contributed by atoms with van der Waals surface area (Å²) in [7, 11) is 1.55. The second-order valence-electron chi connectivity index (χ2n) is 5.80. The van der Waals surface area contributed by atoms with E-state index in [1.54, 1.807) is 19.2 Å². The van der Waals surface area contributed by atoms with Gasteiger partial charge in [-0.15, -0.1) is 0 Å². The van der Waals surface area contributed by atoms with Crippen LogP contribution in [-0.4, -0.2) is 27.8 Å². The fraction of sp³-hybridized carbons (Fsp3) is 0.167. The predicted molar refractivity (Wildman–Crippen MR) is 95.9 cm³/mol. The van der Waals surface area contributed by atoms with Gasteiger partial charge in [-0.1, -0.05) is 18.2 Å². The van der Waals surface area contributed by atoms with Crippen LogP contribution < -0.4 is 11.1 Å². The number of rotatable bonds is 5. The van der Waals surface area contributed by atoms with E-state index in [0.29, 0.717) is 18.5 Å². The molecule has 0 bridgehead atoms. The first-order valence-electron chi connectivity index (χ1n) is 8.06. The van der Waals surface area contributed by atoms with Gasteiger partial charge in [-0.25, -0.2) is 9.67 Å². The molecule has 3 aromatic rings. The van der Waals surface area contributed by atoms with Gasteiger partial charge < -0.3 is 15.8 Å². The molecule has 146 valence electrons. The summed E-state index contributed by atoms with van der Waals surface area (Å²) in [4.78, 5) is 16.0. The molecule has 2 aromatic heterocycles. The highest BCUT2D eigenvalue weighted by Gasteiger charge is 2.30. The highest BCUT2D eigenvalue weighted by Crippen LogP contribution is 2.29. The fourth-order valence-corrected chi connectivity index (χ4v) is 2.54. The van der Waals surface area contributed by atoms with Crippen LogP contribution in [0.15, 0.2) is 48.8 Å². The summed E-state index contributed by atoms with van der Waals surface area (Å²) in [5, 5.41) is 6.55. The SMILES string of the molecule is COCc1ccccc1-n1ncc(C(=O)Nc2ccc(C(F)(F)F)cn2)c1N. The van der Waals surface area contributed by atoms with Crippen molar-refractivity contribution >= 4 is 17.5 Å². The molecule has 1 amide bonds. The largest absolute Gasteiger partial charge is 0.417 e. The number of ether oxygens (including phenoxy) is 1. The van der Waals surface area contributed by atoms with Crippen molar-refractivity contribution in [1.29, 1.82) is 0 Å². The number of hydrogen-bond donors (Lipinski definition) is 2. The lowest BCUT2D eigenvalue weighted by atomic mass is 10.2. The van der Waals surface area contributed by atoms with Crippen LogP contribution in [0.5, 0.6) is 0 Å². The molecule has 2 heterocycles. The molecule has 0 spiro atoms. The molecule has 0 atom stereocenters. The molecular formula is C18H16F3N5O2. The normalized spacial score (nSPS) is 11.4. The molecule has 10 heteroatoms. The highest BCUT2D eigenvalue weighted by atomic mass is 19.4. The molecule has 1 aromatic carbocycles. The van der Waals surface area contributed by atoms with E-state index < -0.39 is 17.6 Å². The monoisotopic (exact) mass is 391 g/mol. The number of para-hydroxylation sites is 1. The fourth-order valence-electron chi connectivity index (χ4n) is 2.54. The molecule has 0 aliphatic heterocycles. The van der Waals surface area contributed by atoms with Gasteiger partial charge in [0.25, 0.3) is 5.91 Å². The number of methoxy groups -OCH3 is 1. The summed E-state index contributed by atoms with van der Waals surface area (Å²) in [6, 6.07) is 9.14. The van der Waals surface area contributed by atoms with Crippen LogP contribution in [0, 0.1) is 0 Å². The highest BCUT2D eigenvalue weighted by molar-refractivity contribution is 6.06. The Labute approximate surface area is 157 Å². The van der Waals surface area contributed by atoms with Crippen molar-refractivity contribution < 1.29 is 22.7 Å². The number of nitrogen functional groups attached to an aromatic ring is 1. The molecule has 0 fully saturated rings. The van der Waals surface area contributed by atoms with E-state index in [1.807, 2.05) is 12.1 Å². The molecule has 0 aliphatic carbocycles. The van der Waals surface area contributed by atoms with Crippen molar-refractivity contribution in [2.24, 2.45) is 0 Å². The van der Waals surface area contributed by atoms with Gasteiger partial charge in [-0.05, 0) is 18.2 Å². The zero-order chi connectivity index (χ0) is 20.3. The molecule has 0 radical (unpaired) electrons. The number of carbonyl (C=O) groups excluding carboxylic acids is 1. The van der Waals surface area contributed by atoms with Crippen LogP contribution in [0.4, 0.5) is 24.8 Å². The third kappa shape index (κ3) is 3.96. The number of nitrogens with two attached hydrogens (primary N) is 1. The molecule has 0 saturated carbocycles. The van der Waals surface area contributed by atoms with Gasteiger partial charge in [0.05, 0.1) is 24.1 Å². The van der Waals surface area contributed by atoms with Crippen LogP contribution in [0.3, 0.4) is 0 Å². The number of anilines is 2. The van der Waals surface area contributed by atoms with E-state index in [4.69, 9.17) is 10.5 Å². The van der Waals surface area contributed by atoms with E-state index in [9.17, 15) is 18.0 Å². The topological polar surface area (TPSA) is 95.1 Å². The molecule has 28 heavy (non-hydrogen) atoms. The average Bonchev–Trinajstić information content (AvgIpc) is 3.03. The second-order valence-corrected chi connectivity index (χ2v) is 5.80. The third-order valence-corrected chi connectivity index (χ3v) is 3.90. The van der Waals surface area contributed by atoms with Crippen LogP contribution in [0.1, 0.15) is 21.5 Å². The van der Waals surface area contributed by atoms with Gasteiger partial charge in [-0.3, -0.25) is 4.79 Å². The first-order valence-corrected chi connectivity index (χ1v) is 8.06. The maximum Gasteiger partial charge on any atom is 0.417 e. The van der Waals surface area contributed by atoms with E-state index in [-0.39, 0.29) is 17.2 Å². The van der Waals surface area contributed by atoms with Crippen LogP contribution in [0.25, 0.3) is 5.69 Å². The van der Waals surface area contributed by atoms with E-state index in [2.05, 4.69) is 15.4 Å². The zero-order valence-corrected chi connectivity index (χ0v) is 14.7.